The molecule has 1 saturated carbocycles. The van der Waals surface area contributed by atoms with Crippen LogP contribution >= 0.6 is 0 Å². The maximum atomic E-state index is 15.3. The number of rotatable bonds is 2. The van der Waals surface area contributed by atoms with Gasteiger partial charge in [-0.15, -0.1) is 4.98 Å². The van der Waals surface area contributed by atoms with Crippen LogP contribution in [0.4, 0.5) is 25.7 Å². The van der Waals surface area contributed by atoms with E-state index in [1.54, 1.807) is 20.8 Å². The van der Waals surface area contributed by atoms with Gasteiger partial charge in [-0.1, -0.05) is 9.64 Å². The highest BCUT2D eigenvalue weighted by Gasteiger charge is 2.57. The second kappa shape index (κ2) is 6.49. The fourth-order valence-electron chi connectivity index (χ4n) is 4.06. The van der Waals surface area contributed by atoms with Crippen LogP contribution in [0.25, 0.3) is 0 Å². The molecule has 2 fully saturated rings. The molecule has 2 atom stereocenters. The lowest BCUT2D eigenvalue weighted by Crippen LogP contribution is -2.58. The molecule has 4 bridgehead atoms. The molecule has 11 heteroatoms. The molecule has 10 nitrogen and oxygen atoms in total. The number of hydrogen-bond donors (Lipinski definition) is 0. The molecule has 2 aromatic rings. The van der Waals surface area contributed by atoms with Gasteiger partial charge in [0.25, 0.3) is 0 Å². The largest absolute Gasteiger partial charge is 0.532 e. The third kappa shape index (κ3) is 2.94. The second-order valence-electron chi connectivity index (χ2n) is 9.32. The van der Waals surface area contributed by atoms with Crippen molar-refractivity contribution in [1.82, 2.24) is 19.5 Å². The van der Waals surface area contributed by atoms with E-state index in [4.69, 9.17) is 14.0 Å². The first-order valence-corrected chi connectivity index (χ1v) is 10.2. The Balaban J connectivity index is 1.70. The Morgan fingerprint density at radius 2 is 2.16 bits per heavy atom. The Kier molecular flexibility index (Phi) is 4.14. The lowest BCUT2D eigenvalue weighted by molar-refractivity contribution is 0.0254. The number of nitriles is 1. The molecule has 32 heavy (non-hydrogen) atoms. The van der Waals surface area contributed by atoms with Crippen molar-refractivity contribution in [2.45, 2.75) is 50.7 Å². The minimum atomic E-state index is -0.890. The standard InChI is InChI=1S/C21H21FN5O5/c1-20(2,3)31-19(29)27(12-4-5-13(14(22)8-12)21(10-23)6-7-21)11-26-9-15(30-18(26)28)16-24-17(27)32-25-16/h4-5,8,15H,6-7,9,11H2,1-3H3/q+1/t15-,27?/m0/s1. The zero-order valence-electron chi connectivity index (χ0n) is 17.8. The van der Waals surface area contributed by atoms with E-state index in [1.807, 2.05) is 0 Å². The number of aromatic nitrogens is 2. The van der Waals surface area contributed by atoms with E-state index in [0.717, 1.165) is 0 Å². The predicted octanol–water partition coefficient (Wildman–Crippen LogP) is 3.80. The summed E-state index contributed by atoms with van der Waals surface area (Å²) in [7, 11) is 0. The average molecular weight is 442 g/mol. The lowest BCUT2D eigenvalue weighted by Gasteiger charge is -2.34. The molecule has 1 aromatic heterocycles. The molecule has 1 aliphatic carbocycles. The molecular formula is C21H21FN5O5+. The third-order valence-corrected chi connectivity index (χ3v) is 5.89. The number of amides is 2. The molecule has 3 heterocycles. The van der Waals surface area contributed by atoms with E-state index < -0.39 is 39.6 Å². The van der Waals surface area contributed by atoms with E-state index in [9.17, 15) is 14.9 Å². The van der Waals surface area contributed by atoms with Gasteiger partial charge in [-0.25, -0.2) is 9.18 Å². The topological polar surface area (TPSA) is 119 Å². The van der Waals surface area contributed by atoms with Gasteiger partial charge in [-0.2, -0.15) is 10.1 Å². The van der Waals surface area contributed by atoms with Crippen LogP contribution in [0.15, 0.2) is 22.7 Å². The second-order valence-corrected chi connectivity index (χ2v) is 9.32. The van der Waals surface area contributed by atoms with Gasteiger partial charge in [0.15, 0.2) is 18.5 Å². The molecular weight excluding hydrogens is 421 g/mol. The molecule has 0 N–H and O–H groups in total. The van der Waals surface area contributed by atoms with Crippen LogP contribution in [0.3, 0.4) is 0 Å². The molecule has 1 saturated heterocycles. The maximum Gasteiger partial charge on any atom is 0.532 e. The van der Waals surface area contributed by atoms with Gasteiger partial charge < -0.3 is 9.47 Å². The summed E-state index contributed by atoms with van der Waals surface area (Å²) in [6.45, 7) is 4.90. The number of nitrogens with zero attached hydrogens (tertiary/aromatic N) is 5. The van der Waals surface area contributed by atoms with Crippen molar-refractivity contribution in [1.29, 1.82) is 5.26 Å². The fourth-order valence-corrected chi connectivity index (χ4v) is 4.06. The number of carbonyl (C=O) groups excluding carboxylic acids is 2. The zero-order valence-corrected chi connectivity index (χ0v) is 17.8. The predicted molar refractivity (Wildman–Crippen MR) is 106 cm³/mol. The minimum absolute atomic E-state index is 0.110. The van der Waals surface area contributed by atoms with Gasteiger partial charge in [-0.3, -0.25) is 9.42 Å². The fraction of sp³-hybridized carbons (Fsp3) is 0.476. The van der Waals surface area contributed by atoms with Crippen molar-refractivity contribution >= 4 is 23.9 Å². The summed E-state index contributed by atoms with van der Waals surface area (Å²) in [5.74, 6) is -0.522. The molecule has 2 aliphatic heterocycles. The first kappa shape index (κ1) is 20.4. The van der Waals surface area contributed by atoms with Crippen molar-refractivity contribution < 1.29 is 28.0 Å². The SMILES string of the molecule is CC(C)(C)OC(=O)[N+]1(c2ccc(C3(C#N)CC3)c(F)c2)CN2C[C@H](OC2=O)c2noc1n2. The Morgan fingerprint density at radius 3 is 2.78 bits per heavy atom. The van der Waals surface area contributed by atoms with Gasteiger partial charge in [0.2, 0.25) is 5.82 Å². The highest BCUT2D eigenvalue weighted by Crippen LogP contribution is 2.50. The molecule has 5 rings (SSSR count). The molecule has 166 valence electrons. The number of halogens is 1. The summed E-state index contributed by atoms with van der Waals surface area (Å²) < 4.78 is 30.8. The molecule has 0 radical (unpaired) electrons. The summed E-state index contributed by atoms with van der Waals surface area (Å²) in [6, 6.07) is 6.19. The van der Waals surface area contributed by atoms with Gasteiger partial charge in [0, 0.05) is 17.7 Å². The van der Waals surface area contributed by atoms with Crippen LogP contribution < -0.4 is 4.48 Å². The smallest absolute Gasteiger partial charge is 0.436 e. The van der Waals surface area contributed by atoms with E-state index in [-0.39, 0.29) is 36.3 Å². The Morgan fingerprint density at radius 1 is 1.41 bits per heavy atom. The molecule has 1 aromatic carbocycles. The zero-order chi connectivity index (χ0) is 22.9. The van der Waals surface area contributed by atoms with E-state index in [2.05, 4.69) is 16.2 Å². The van der Waals surface area contributed by atoms with E-state index >= 15 is 4.39 Å². The van der Waals surface area contributed by atoms with Crippen LogP contribution in [0.1, 0.15) is 51.1 Å². The van der Waals surface area contributed by atoms with Gasteiger partial charge in [0.1, 0.15) is 11.4 Å². The quantitative estimate of drug-likeness (QED) is 0.645. The first-order chi connectivity index (χ1) is 15.1. The molecule has 1 unspecified atom stereocenters. The number of hydrogen-bond acceptors (Lipinski definition) is 8. The average Bonchev–Trinajstić information content (AvgIpc) is 3.15. The normalized spacial score (nSPS) is 25.4. The first-order valence-electron chi connectivity index (χ1n) is 10.2. The van der Waals surface area contributed by atoms with Crippen LogP contribution in [-0.2, 0) is 14.9 Å². The number of quaternary nitrogens is 1. The van der Waals surface area contributed by atoms with Crippen molar-refractivity contribution in [2.24, 2.45) is 0 Å². The van der Waals surface area contributed by atoms with Crippen LogP contribution in [0, 0.1) is 17.1 Å². The third-order valence-electron chi connectivity index (χ3n) is 5.89. The number of carbonyl (C=O) groups is 2. The van der Waals surface area contributed by atoms with E-state index in [1.165, 1.54) is 23.1 Å². The van der Waals surface area contributed by atoms with Crippen LogP contribution in [0.5, 0.6) is 0 Å². The summed E-state index contributed by atoms with van der Waals surface area (Å²) in [4.78, 5) is 31.7. The van der Waals surface area contributed by atoms with Gasteiger partial charge >= 0.3 is 18.2 Å². The summed E-state index contributed by atoms with van der Waals surface area (Å²) in [5, 5.41) is 13.3. The van der Waals surface area contributed by atoms with Crippen LogP contribution in [-0.4, -0.2) is 46.0 Å². The summed E-state index contributed by atoms with van der Waals surface area (Å²) >= 11 is 0. The van der Waals surface area contributed by atoms with Crippen molar-refractivity contribution in [3.8, 4) is 6.07 Å². The maximum absolute atomic E-state index is 15.3. The Hall–Kier alpha value is -3.52. The highest BCUT2D eigenvalue weighted by atomic mass is 19.1. The van der Waals surface area contributed by atoms with Gasteiger partial charge in [-0.05, 0) is 39.7 Å². The van der Waals surface area contributed by atoms with Crippen LogP contribution in [0.2, 0.25) is 0 Å². The molecule has 2 amide bonds. The summed E-state index contributed by atoms with van der Waals surface area (Å²) in [6.07, 6.45) is -1.05. The summed E-state index contributed by atoms with van der Waals surface area (Å²) in [5.41, 5.74) is -1.34. The van der Waals surface area contributed by atoms with Crippen molar-refractivity contribution in [3.05, 3.63) is 35.4 Å². The van der Waals surface area contributed by atoms with Gasteiger partial charge in [0.05, 0.1) is 18.0 Å². The Bertz CT molecular complexity index is 1180. The minimum Gasteiger partial charge on any atom is -0.436 e. The van der Waals surface area contributed by atoms with Crippen molar-refractivity contribution in [2.75, 3.05) is 13.2 Å². The number of benzene rings is 1. The number of fused-ring (bicyclic) bond motifs is 5. The lowest BCUT2D eigenvalue weighted by atomic mass is 9.96. The monoisotopic (exact) mass is 442 g/mol. The van der Waals surface area contributed by atoms with Crippen molar-refractivity contribution in [3.63, 3.8) is 0 Å². The van der Waals surface area contributed by atoms with E-state index in [0.29, 0.717) is 12.8 Å². The molecule has 0 spiro atoms. The molecule has 3 aliphatic rings. The Labute approximate surface area is 182 Å². The number of ether oxygens (including phenoxy) is 2. The highest BCUT2D eigenvalue weighted by molar-refractivity contribution is 5.89.